The van der Waals surface area contributed by atoms with Gasteiger partial charge in [0.1, 0.15) is 5.75 Å². The van der Waals surface area contributed by atoms with Crippen molar-refractivity contribution >= 4 is 25.7 Å². The topological polar surface area (TPSA) is 69.7 Å². The zero-order valence-corrected chi connectivity index (χ0v) is 12.8. The van der Waals surface area contributed by atoms with E-state index < -0.39 is 20.9 Å². The fourth-order valence-corrected chi connectivity index (χ4v) is 3.83. The maximum atomic E-state index is 11.9. The van der Waals surface area contributed by atoms with E-state index in [0.717, 1.165) is 12.0 Å². The Morgan fingerprint density at radius 2 is 2.05 bits per heavy atom. The third-order valence-corrected chi connectivity index (χ3v) is 4.89. The van der Waals surface area contributed by atoms with E-state index in [4.69, 9.17) is 20.2 Å². The summed E-state index contributed by atoms with van der Waals surface area (Å²) in [7, 11) is 4.34. The number of hydrogen-bond acceptors (Lipinski definition) is 5. The van der Waals surface area contributed by atoms with E-state index in [0.29, 0.717) is 24.2 Å². The van der Waals surface area contributed by atoms with Gasteiger partial charge in [-0.05, 0) is 42.5 Å². The van der Waals surface area contributed by atoms with Crippen molar-refractivity contribution in [3.8, 4) is 5.75 Å². The third-order valence-electron chi connectivity index (χ3n) is 3.51. The van der Waals surface area contributed by atoms with Crippen LogP contribution in [0.1, 0.15) is 29.9 Å². The number of ether oxygens (including phenoxy) is 2. The average Bonchev–Trinajstić information content (AvgIpc) is 2.43. The Morgan fingerprint density at radius 1 is 1.35 bits per heavy atom. The molecule has 0 unspecified atom stereocenters. The summed E-state index contributed by atoms with van der Waals surface area (Å²) in [5.74, 6) is -0.513. The van der Waals surface area contributed by atoms with Crippen molar-refractivity contribution in [3.63, 3.8) is 0 Å². The lowest BCUT2D eigenvalue weighted by Crippen LogP contribution is -2.22. The lowest BCUT2D eigenvalue weighted by Gasteiger charge is -2.26. The van der Waals surface area contributed by atoms with Gasteiger partial charge in [-0.15, -0.1) is 0 Å². The molecule has 110 valence electrons. The molecule has 0 radical (unpaired) electrons. The summed E-state index contributed by atoms with van der Waals surface area (Å²) in [5, 5.41) is 0. The van der Waals surface area contributed by atoms with Crippen LogP contribution in [-0.4, -0.2) is 28.6 Å². The molecule has 1 aliphatic rings. The minimum Gasteiger partial charge on any atom is -0.496 e. The zero-order chi connectivity index (χ0) is 14.9. The van der Waals surface area contributed by atoms with Gasteiger partial charge in [0.25, 0.3) is 9.05 Å². The monoisotopic (exact) mass is 318 g/mol. The number of carbonyl (C=O) groups excluding carboxylic acids is 1. The Hall–Kier alpha value is -1.27. The number of esters is 1. The fourth-order valence-electron chi connectivity index (χ4n) is 2.67. The molecular formula is C13H15ClO5S. The van der Waals surface area contributed by atoms with Crippen LogP contribution in [0, 0.1) is 0 Å². The van der Waals surface area contributed by atoms with Crippen molar-refractivity contribution in [2.75, 3.05) is 14.2 Å². The highest BCUT2D eigenvalue weighted by atomic mass is 35.7. The Bertz CT molecular complexity index is 638. The number of carbonyl (C=O) groups is 1. The van der Waals surface area contributed by atoms with Crippen LogP contribution in [0.25, 0.3) is 0 Å². The largest absolute Gasteiger partial charge is 0.496 e. The quantitative estimate of drug-likeness (QED) is 0.631. The lowest BCUT2D eigenvalue weighted by molar-refractivity contribution is -0.142. The molecule has 0 heterocycles. The Kier molecular flexibility index (Phi) is 4.25. The second kappa shape index (κ2) is 5.61. The van der Waals surface area contributed by atoms with Crippen LogP contribution in [-0.2, 0) is 25.0 Å². The van der Waals surface area contributed by atoms with Crippen molar-refractivity contribution in [1.82, 2.24) is 0 Å². The molecule has 0 bridgehead atoms. The molecule has 5 nitrogen and oxygen atoms in total. The summed E-state index contributed by atoms with van der Waals surface area (Å²) < 4.78 is 33.5. The molecule has 20 heavy (non-hydrogen) atoms. The number of halogens is 1. The van der Waals surface area contributed by atoms with Crippen LogP contribution in [0.4, 0.5) is 0 Å². The summed E-state index contributed by atoms with van der Waals surface area (Å²) >= 11 is 0. The number of fused-ring (bicyclic) bond motifs is 1. The highest BCUT2D eigenvalue weighted by Gasteiger charge is 2.34. The molecule has 0 N–H and O–H groups in total. The van der Waals surface area contributed by atoms with Gasteiger partial charge in [0, 0.05) is 10.7 Å². The Balaban J connectivity index is 2.73. The lowest BCUT2D eigenvalue weighted by atomic mass is 9.82. The van der Waals surface area contributed by atoms with Crippen LogP contribution < -0.4 is 4.74 Å². The molecule has 0 saturated heterocycles. The van der Waals surface area contributed by atoms with E-state index in [1.54, 1.807) is 6.07 Å². The number of rotatable bonds is 3. The fraction of sp³-hybridized carbons (Fsp3) is 0.462. The molecule has 1 atom stereocenters. The number of methoxy groups -OCH3 is 2. The number of hydrogen-bond donors (Lipinski definition) is 0. The van der Waals surface area contributed by atoms with E-state index in [1.165, 1.54) is 20.3 Å². The predicted molar refractivity (Wildman–Crippen MR) is 73.7 cm³/mol. The summed E-state index contributed by atoms with van der Waals surface area (Å²) in [4.78, 5) is 11.9. The normalized spacial score (nSPS) is 18.2. The van der Waals surface area contributed by atoms with Gasteiger partial charge in [-0.25, -0.2) is 8.42 Å². The van der Waals surface area contributed by atoms with Crippen LogP contribution in [0.15, 0.2) is 17.0 Å². The molecule has 0 saturated carbocycles. The van der Waals surface area contributed by atoms with Crippen molar-refractivity contribution in [2.24, 2.45) is 0 Å². The van der Waals surface area contributed by atoms with Crippen LogP contribution in [0.5, 0.6) is 5.75 Å². The molecule has 1 aliphatic carbocycles. The molecule has 0 amide bonds. The van der Waals surface area contributed by atoms with Crippen LogP contribution in [0.3, 0.4) is 0 Å². The SMILES string of the molecule is COC(=O)[C@H]1CCCc2c(OC)ccc(S(=O)(=O)Cl)c21. The highest BCUT2D eigenvalue weighted by molar-refractivity contribution is 8.13. The van der Waals surface area contributed by atoms with Crippen molar-refractivity contribution in [1.29, 1.82) is 0 Å². The number of benzene rings is 1. The summed E-state index contributed by atoms with van der Waals surface area (Å²) in [6.45, 7) is 0. The first-order valence-corrected chi connectivity index (χ1v) is 8.43. The van der Waals surface area contributed by atoms with Gasteiger partial charge < -0.3 is 9.47 Å². The maximum absolute atomic E-state index is 11.9. The van der Waals surface area contributed by atoms with Crippen molar-refractivity contribution in [2.45, 2.75) is 30.1 Å². The van der Waals surface area contributed by atoms with Gasteiger partial charge >= 0.3 is 5.97 Å². The van der Waals surface area contributed by atoms with Crippen LogP contribution in [0.2, 0.25) is 0 Å². The van der Waals surface area contributed by atoms with E-state index >= 15 is 0 Å². The molecule has 0 spiro atoms. The summed E-state index contributed by atoms with van der Waals surface area (Å²) in [5.41, 5.74) is 1.13. The summed E-state index contributed by atoms with van der Waals surface area (Å²) in [6.07, 6.45) is 1.94. The van der Waals surface area contributed by atoms with E-state index in [1.807, 2.05) is 0 Å². The smallest absolute Gasteiger partial charge is 0.313 e. The second-order valence-corrected chi connectivity index (χ2v) is 7.10. The van der Waals surface area contributed by atoms with Gasteiger partial charge in [0.05, 0.1) is 25.0 Å². The first-order chi connectivity index (χ1) is 9.40. The molecular weight excluding hydrogens is 304 g/mol. The van der Waals surface area contributed by atoms with Gasteiger partial charge in [0.2, 0.25) is 0 Å². The zero-order valence-electron chi connectivity index (χ0n) is 11.2. The van der Waals surface area contributed by atoms with Crippen LogP contribution >= 0.6 is 10.7 Å². The standard InChI is InChI=1S/C13H15ClO5S/c1-18-10-6-7-11(20(14,16)17)12-8(10)4-3-5-9(12)13(15)19-2/h6-7,9H,3-5H2,1-2H3/t9-/m0/s1. The molecule has 2 rings (SSSR count). The minimum atomic E-state index is -3.94. The minimum absolute atomic E-state index is 0.0370. The van der Waals surface area contributed by atoms with E-state index in [9.17, 15) is 13.2 Å². The second-order valence-electron chi connectivity index (χ2n) is 4.56. The van der Waals surface area contributed by atoms with Gasteiger partial charge in [-0.1, -0.05) is 0 Å². The molecule has 1 aromatic carbocycles. The van der Waals surface area contributed by atoms with Gasteiger partial charge in [0.15, 0.2) is 0 Å². The highest BCUT2D eigenvalue weighted by Crippen LogP contribution is 2.41. The molecule has 1 aromatic rings. The predicted octanol–water partition coefficient (Wildman–Crippen LogP) is 2.22. The van der Waals surface area contributed by atoms with Crippen molar-refractivity contribution < 1.29 is 22.7 Å². The Morgan fingerprint density at radius 3 is 2.60 bits per heavy atom. The maximum Gasteiger partial charge on any atom is 0.313 e. The summed E-state index contributed by atoms with van der Waals surface area (Å²) in [6, 6.07) is 2.94. The molecule has 0 aromatic heterocycles. The first kappa shape index (κ1) is 15.1. The average molecular weight is 319 g/mol. The van der Waals surface area contributed by atoms with E-state index in [-0.39, 0.29) is 4.90 Å². The van der Waals surface area contributed by atoms with E-state index in [2.05, 4.69) is 0 Å². The Labute approximate surface area is 122 Å². The van der Waals surface area contributed by atoms with Crippen molar-refractivity contribution in [3.05, 3.63) is 23.3 Å². The first-order valence-electron chi connectivity index (χ1n) is 6.12. The third kappa shape index (κ3) is 2.62. The van der Waals surface area contributed by atoms with Gasteiger partial charge in [-0.3, -0.25) is 4.79 Å². The molecule has 0 aliphatic heterocycles. The van der Waals surface area contributed by atoms with Gasteiger partial charge in [-0.2, -0.15) is 0 Å². The molecule has 7 heteroatoms. The molecule has 0 fully saturated rings.